The van der Waals surface area contributed by atoms with Crippen molar-refractivity contribution in [3.05, 3.63) is 87.3 Å². The van der Waals surface area contributed by atoms with E-state index in [1.165, 1.54) is 23.5 Å². The van der Waals surface area contributed by atoms with Crippen LogP contribution in [0.3, 0.4) is 0 Å². The van der Waals surface area contributed by atoms with Crippen LogP contribution in [0.25, 0.3) is 0 Å². The van der Waals surface area contributed by atoms with Gasteiger partial charge >= 0.3 is 11.8 Å². The second-order valence-electron chi connectivity index (χ2n) is 6.85. The van der Waals surface area contributed by atoms with E-state index in [0.29, 0.717) is 16.3 Å². The van der Waals surface area contributed by atoms with Crippen molar-refractivity contribution in [3.63, 3.8) is 0 Å². The third-order valence-electron chi connectivity index (χ3n) is 4.64. The smallest absolute Gasteiger partial charge is 0.309 e. The van der Waals surface area contributed by atoms with Gasteiger partial charge < -0.3 is 10.6 Å². The van der Waals surface area contributed by atoms with Crippen LogP contribution in [0.5, 0.6) is 0 Å². The minimum atomic E-state index is -3.93. The van der Waals surface area contributed by atoms with Gasteiger partial charge in [0.15, 0.2) is 9.84 Å². The van der Waals surface area contributed by atoms with Crippen LogP contribution in [0.2, 0.25) is 5.02 Å². The lowest BCUT2D eigenvalue weighted by molar-refractivity contribution is -0.139. The zero-order chi connectivity index (χ0) is 23.1. The Balaban J connectivity index is 1.61. The fourth-order valence-corrected chi connectivity index (χ4v) is 5.85. The van der Waals surface area contributed by atoms with Gasteiger partial charge in [0.2, 0.25) is 0 Å². The molecule has 0 radical (unpaired) electrons. The topological polar surface area (TPSA) is 92.3 Å². The molecule has 0 saturated carbocycles. The molecule has 32 heavy (non-hydrogen) atoms. The number of hydrogen-bond acceptors (Lipinski definition) is 5. The first kappa shape index (κ1) is 23.9. The molecule has 0 aliphatic rings. The molecule has 0 aliphatic carbocycles. The highest BCUT2D eigenvalue weighted by atomic mass is 35.5. The predicted octanol–water partition coefficient (Wildman–Crippen LogP) is 3.53. The number of hydrogen-bond donors (Lipinski definition) is 2. The molecule has 0 bridgehead atoms. The molecule has 2 aromatic carbocycles. The van der Waals surface area contributed by atoms with E-state index in [2.05, 4.69) is 10.6 Å². The van der Waals surface area contributed by atoms with Gasteiger partial charge in [0, 0.05) is 23.0 Å². The van der Waals surface area contributed by atoms with E-state index in [-0.39, 0.29) is 18.0 Å². The molecule has 1 atom stereocenters. The standard InChI is InChI=1S/C22H20ClFN2O4S2/c23-16-5-3-15(4-6-16)11-12-25-21(27)22(28)26-14-20(19-2-1-13-31-19)32(29,30)18-9-7-17(24)8-10-18/h1-10,13,20H,11-12,14H2,(H,25,27)(H,26,28)/t20-/m0/s1. The van der Waals surface area contributed by atoms with Crippen LogP contribution < -0.4 is 10.6 Å². The average molecular weight is 495 g/mol. The van der Waals surface area contributed by atoms with Crippen LogP contribution in [-0.4, -0.2) is 33.3 Å². The Morgan fingerprint density at radius 1 is 0.969 bits per heavy atom. The van der Waals surface area contributed by atoms with Gasteiger partial charge in [-0.15, -0.1) is 11.3 Å². The second-order valence-corrected chi connectivity index (χ2v) is 10.4. The van der Waals surface area contributed by atoms with E-state index in [1.807, 2.05) is 12.1 Å². The lowest BCUT2D eigenvalue weighted by atomic mass is 10.1. The van der Waals surface area contributed by atoms with Gasteiger partial charge in [-0.3, -0.25) is 9.59 Å². The second kappa shape index (κ2) is 10.7. The highest BCUT2D eigenvalue weighted by Gasteiger charge is 2.31. The van der Waals surface area contributed by atoms with E-state index in [4.69, 9.17) is 11.6 Å². The molecule has 0 fully saturated rings. The summed E-state index contributed by atoms with van der Waals surface area (Å²) in [5.41, 5.74) is 0.943. The number of amides is 2. The molecule has 0 aliphatic heterocycles. The van der Waals surface area contributed by atoms with Gasteiger partial charge in [-0.1, -0.05) is 29.8 Å². The Hall–Kier alpha value is -2.75. The summed E-state index contributed by atoms with van der Waals surface area (Å²) < 4.78 is 39.4. The minimum Gasteiger partial charge on any atom is -0.348 e. The summed E-state index contributed by atoms with van der Waals surface area (Å²) in [4.78, 5) is 24.8. The summed E-state index contributed by atoms with van der Waals surface area (Å²) in [6.45, 7) is -0.0697. The van der Waals surface area contributed by atoms with Crippen LogP contribution in [0.4, 0.5) is 4.39 Å². The fourth-order valence-electron chi connectivity index (χ4n) is 2.94. The molecule has 6 nitrogen and oxygen atoms in total. The molecule has 3 aromatic rings. The maximum atomic E-state index is 13.2. The Morgan fingerprint density at radius 3 is 2.25 bits per heavy atom. The van der Waals surface area contributed by atoms with Gasteiger partial charge in [0.1, 0.15) is 11.1 Å². The minimum absolute atomic E-state index is 0.0704. The molecule has 2 N–H and O–H groups in total. The number of sulfone groups is 1. The van der Waals surface area contributed by atoms with Gasteiger partial charge in [-0.25, -0.2) is 12.8 Å². The van der Waals surface area contributed by atoms with E-state index in [0.717, 1.165) is 17.7 Å². The number of rotatable bonds is 8. The molecule has 0 unspecified atom stereocenters. The monoisotopic (exact) mass is 494 g/mol. The number of nitrogens with one attached hydrogen (secondary N) is 2. The molecular weight excluding hydrogens is 475 g/mol. The van der Waals surface area contributed by atoms with Crippen molar-refractivity contribution in [1.29, 1.82) is 0 Å². The van der Waals surface area contributed by atoms with Crippen molar-refractivity contribution in [2.75, 3.05) is 13.1 Å². The Morgan fingerprint density at radius 2 is 1.62 bits per heavy atom. The number of carbonyl (C=O) groups excluding carboxylic acids is 2. The van der Waals surface area contributed by atoms with E-state index >= 15 is 0 Å². The third kappa shape index (κ3) is 6.15. The van der Waals surface area contributed by atoms with E-state index in [1.54, 1.807) is 29.6 Å². The molecular formula is C22H20ClFN2O4S2. The lowest BCUT2D eigenvalue weighted by Gasteiger charge is -2.17. The van der Waals surface area contributed by atoms with Crippen molar-refractivity contribution in [2.45, 2.75) is 16.6 Å². The average Bonchev–Trinajstić information content (AvgIpc) is 3.29. The quantitative estimate of drug-likeness (QED) is 0.370. The molecule has 10 heteroatoms. The van der Waals surface area contributed by atoms with Crippen LogP contribution in [0.1, 0.15) is 15.7 Å². The van der Waals surface area contributed by atoms with Crippen molar-refractivity contribution >= 4 is 44.6 Å². The van der Waals surface area contributed by atoms with Crippen molar-refractivity contribution < 1.29 is 22.4 Å². The number of benzene rings is 2. The van der Waals surface area contributed by atoms with Crippen LogP contribution >= 0.6 is 22.9 Å². The summed E-state index contributed by atoms with van der Waals surface area (Å²) >= 11 is 7.05. The third-order valence-corrected chi connectivity index (χ3v) is 8.13. The largest absolute Gasteiger partial charge is 0.348 e. The van der Waals surface area contributed by atoms with Gasteiger partial charge in [0.25, 0.3) is 0 Å². The molecule has 2 amide bonds. The number of carbonyl (C=O) groups is 2. The Labute approximate surface area is 194 Å². The number of halogens is 2. The Bertz CT molecular complexity index is 1170. The highest BCUT2D eigenvalue weighted by Crippen LogP contribution is 2.31. The zero-order valence-corrected chi connectivity index (χ0v) is 19.1. The lowest BCUT2D eigenvalue weighted by Crippen LogP contribution is -2.42. The van der Waals surface area contributed by atoms with Crippen LogP contribution in [-0.2, 0) is 25.8 Å². The molecule has 0 spiro atoms. The van der Waals surface area contributed by atoms with E-state index < -0.39 is 32.7 Å². The highest BCUT2D eigenvalue weighted by molar-refractivity contribution is 7.91. The SMILES string of the molecule is O=C(NCCc1ccc(Cl)cc1)C(=O)NC[C@@H](c1cccs1)S(=O)(=O)c1ccc(F)cc1. The van der Waals surface area contributed by atoms with Crippen molar-refractivity contribution in [1.82, 2.24) is 10.6 Å². The summed E-state index contributed by atoms with van der Waals surface area (Å²) in [5.74, 6) is -2.35. The first-order valence-electron chi connectivity index (χ1n) is 9.60. The molecule has 0 saturated heterocycles. The predicted molar refractivity (Wildman–Crippen MR) is 122 cm³/mol. The summed E-state index contributed by atoms with van der Waals surface area (Å²) in [7, 11) is -3.93. The van der Waals surface area contributed by atoms with Crippen molar-refractivity contribution in [2.24, 2.45) is 0 Å². The zero-order valence-electron chi connectivity index (χ0n) is 16.8. The maximum Gasteiger partial charge on any atom is 0.309 e. The first-order chi connectivity index (χ1) is 15.3. The van der Waals surface area contributed by atoms with Crippen LogP contribution in [0.15, 0.2) is 70.9 Å². The van der Waals surface area contributed by atoms with Gasteiger partial charge in [-0.05, 0) is 59.8 Å². The first-order valence-corrected chi connectivity index (χ1v) is 12.4. The van der Waals surface area contributed by atoms with E-state index in [9.17, 15) is 22.4 Å². The molecule has 168 valence electrons. The maximum absolute atomic E-state index is 13.2. The van der Waals surface area contributed by atoms with Crippen molar-refractivity contribution in [3.8, 4) is 0 Å². The summed E-state index contributed by atoms with van der Waals surface area (Å²) in [5, 5.41) is 6.12. The fraction of sp³-hybridized carbons (Fsp3) is 0.182. The summed E-state index contributed by atoms with van der Waals surface area (Å²) in [6, 6.07) is 14.9. The summed E-state index contributed by atoms with van der Waals surface area (Å²) in [6.07, 6.45) is 0.507. The molecule has 3 rings (SSSR count). The van der Waals surface area contributed by atoms with Gasteiger partial charge in [-0.2, -0.15) is 0 Å². The van der Waals surface area contributed by atoms with Crippen LogP contribution in [0, 0.1) is 5.82 Å². The molecule has 1 heterocycles. The van der Waals surface area contributed by atoms with Gasteiger partial charge in [0.05, 0.1) is 4.90 Å². The molecule has 1 aromatic heterocycles. The number of thiophene rings is 1. The Kier molecular flexibility index (Phi) is 8.00. The normalized spacial score (nSPS) is 12.2.